The molecule has 6 atom stereocenters. The van der Waals surface area contributed by atoms with E-state index in [9.17, 15) is 19.5 Å². The van der Waals surface area contributed by atoms with Gasteiger partial charge in [-0.05, 0) is 75.3 Å². The highest BCUT2D eigenvalue weighted by atomic mass is 16.5. The molecule has 6 rings (SSSR count). The second-order valence-corrected chi connectivity index (χ2v) is 12.9. The lowest BCUT2D eigenvalue weighted by molar-refractivity contribution is -0.150. The van der Waals surface area contributed by atoms with Gasteiger partial charge in [0.1, 0.15) is 17.4 Å². The molecule has 3 heterocycles. The first kappa shape index (κ1) is 30.6. The van der Waals surface area contributed by atoms with E-state index in [1.807, 2.05) is 44.2 Å². The fraction of sp³-hybridized carbons (Fsp3) is 0.571. The van der Waals surface area contributed by atoms with Gasteiger partial charge in [-0.3, -0.25) is 14.4 Å². The minimum Gasteiger partial charge on any atom is -0.494 e. The van der Waals surface area contributed by atoms with Crippen molar-refractivity contribution in [3.05, 3.63) is 60.2 Å². The first-order valence-electron chi connectivity index (χ1n) is 16.4. The van der Waals surface area contributed by atoms with Crippen molar-refractivity contribution in [2.75, 3.05) is 18.5 Å². The topological polar surface area (TPSA) is 117 Å². The first-order valence-corrected chi connectivity index (χ1v) is 16.4. The van der Waals surface area contributed by atoms with Crippen molar-refractivity contribution in [1.29, 1.82) is 0 Å². The summed E-state index contributed by atoms with van der Waals surface area (Å²) in [6.07, 6.45) is 7.11. The summed E-state index contributed by atoms with van der Waals surface area (Å²) >= 11 is 0. The van der Waals surface area contributed by atoms with E-state index < -0.39 is 35.1 Å². The van der Waals surface area contributed by atoms with Crippen LogP contribution in [0.5, 0.6) is 5.75 Å². The summed E-state index contributed by atoms with van der Waals surface area (Å²) < 4.78 is 12.5. The number of ether oxygens (including phenoxy) is 2. The molecule has 0 radical (unpaired) electrons. The quantitative estimate of drug-likeness (QED) is 0.354. The predicted molar refractivity (Wildman–Crippen MR) is 166 cm³/mol. The van der Waals surface area contributed by atoms with Crippen LogP contribution >= 0.6 is 0 Å². The molecule has 3 amide bonds. The van der Waals surface area contributed by atoms with E-state index in [0.717, 1.165) is 37.7 Å². The van der Waals surface area contributed by atoms with Crippen molar-refractivity contribution in [2.24, 2.45) is 11.8 Å². The normalized spacial score (nSPS) is 30.2. The molecule has 44 heavy (non-hydrogen) atoms. The molecular formula is C35H45N3O6. The molecule has 4 aliphatic rings. The summed E-state index contributed by atoms with van der Waals surface area (Å²) in [6.45, 7) is 4.14. The number of carbonyl (C=O) groups is 3. The SMILES string of the molecule is CCOc1ccc(NC(=O)[C@H]2[C@H]3C(=O)N([C@@H](CO)Cc4ccccc4)C(C(=O)NC4CCCCC4)C34CC[C@]2(CC)O4)cc1. The maximum Gasteiger partial charge on any atom is 0.246 e. The molecule has 1 saturated carbocycles. The van der Waals surface area contributed by atoms with Gasteiger partial charge in [0.2, 0.25) is 17.7 Å². The molecule has 3 N–H and O–H groups in total. The predicted octanol–water partition coefficient (Wildman–Crippen LogP) is 4.23. The summed E-state index contributed by atoms with van der Waals surface area (Å²) in [6, 6.07) is 15.3. The van der Waals surface area contributed by atoms with Crippen molar-refractivity contribution in [2.45, 2.75) is 101 Å². The fourth-order valence-electron chi connectivity index (χ4n) is 8.43. The van der Waals surface area contributed by atoms with Crippen molar-refractivity contribution >= 4 is 23.4 Å². The second kappa shape index (κ2) is 12.5. The average molecular weight is 604 g/mol. The molecule has 3 saturated heterocycles. The van der Waals surface area contributed by atoms with E-state index in [1.54, 1.807) is 29.2 Å². The molecule has 9 nitrogen and oxygen atoms in total. The van der Waals surface area contributed by atoms with E-state index in [1.165, 1.54) is 0 Å². The highest BCUT2D eigenvalue weighted by molar-refractivity contribution is 6.02. The summed E-state index contributed by atoms with van der Waals surface area (Å²) in [5, 5.41) is 17.0. The van der Waals surface area contributed by atoms with Crippen molar-refractivity contribution in [3.63, 3.8) is 0 Å². The van der Waals surface area contributed by atoms with E-state index in [0.29, 0.717) is 43.7 Å². The molecular weight excluding hydrogens is 558 g/mol. The molecule has 2 unspecified atom stereocenters. The number of fused-ring (bicyclic) bond motifs is 1. The Bertz CT molecular complexity index is 1350. The Labute approximate surface area is 259 Å². The molecule has 4 fully saturated rings. The summed E-state index contributed by atoms with van der Waals surface area (Å²) in [5.74, 6) is -1.70. The minimum atomic E-state index is -1.14. The number of nitrogens with zero attached hydrogens (tertiary/aromatic N) is 1. The monoisotopic (exact) mass is 603 g/mol. The molecule has 3 aliphatic heterocycles. The van der Waals surface area contributed by atoms with Gasteiger partial charge in [-0.1, -0.05) is 56.5 Å². The highest BCUT2D eigenvalue weighted by Crippen LogP contribution is 2.64. The fourth-order valence-corrected chi connectivity index (χ4v) is 8.43. The van der Waals surface area contributed by atoms with E-state index in [2.05, 4.69) is 10.6 Å². The standard InChI is InChI=1S/C35H45N3O6/c1-3-34-19-20-35(44-34)29(28(34)31(40)36-25-15-17-27(18-16-25)43-4-2)33(42)38(26(22-39)21-23-11-7-5-8-12-23)30(35)32(41)37-24-13-9-6-10-14-24/h5,7-8,11-12,15-18,24,26,28-30,39H,3-4,6,9-10,13-14,19-22H2,1-2H3,(H,36,40)(H,37,41)/t26-,28-,29+,30?,34+,35?/m1/s1. The van der Waals surface area contributed by atoms with Crippen LogP contribution in [0.25, 0.3) is 0 Å². The average Bonchev–Trinajstić information content (AvgIpc) is 3.65. The molecule has 2 aromatic rings. The Balaban J connectivity index is 1.35. The van der Waals surface area contributed by atoms with Crippen LogP contribution < -0.4 is 15.4 Å². The van der Waals surface area contributed by atoms with Crippen molar-refractivity contribution in [1.82, 2.24) is 10.2 Å². The molecule has 2 bridgehead atoms. The van der Waals surface area contributed by atoms with Gasteiger partial charge in [-0.15, -0.1) is 0 Å². The molecule has 2 aromatic carbocycles. The van der Waals surface area contributed by atoms with E-state index in [4.69, 9.17) is 9.47 Å². The first-order chi connectivity index (χ1) is 21.4. The Morgan fingerprint density at radius 1 is 1.02 bits per heavy atom. The van der Waals surface area contributed by atoms with Gasteiger partial charge in [0.25, 0.3) is 0 Å². The number of hydrogen-bond donors (Lipinski definition) is 3. The van der Waals surface area contributed by atoms with Crippen LogP contribution in [0.3, 0.4) is 0 Å². The zero-order valence-electron chi connectivity index (χ0n) is 25.8. The number of aliphatic hydroxyl groups is 1. The third kappa shape index (κ3) is 5.28. The van der Waals surface area contributed by atoms with Crippen LogP contribution in [0.2, 0.25) is 0 Å². The number of anilines is 1. The summed E-state index contributed by atoms with van der Waals surface area (Å²) in [4.78, 5) is 44.7. The summed E-state index contributed by atoms with van der Waals surface area (Å²) in [7, 11) is 0. The largest absolute Gasteiger partial charge is 0.494 e. The third-order valence-electron chi connectivity index (χ3n) is 10.5. The van der Waals surface area contributed by atoms with Gasteiger partial charge in [0.15, 0.2) is 0 Å². The molecule has 9 heteroatoms. The molecule has 236 valence electrons. The Morgan fingerprint density at radius 3 is 2.41 bits per heavy atom. The number of carbonyl (C=O) groups excluding carboxylic acids is 3. The number of amides is 3. The molecule has 1 aliphatic carbocycles. The zero-order chi connectivity index (χ0) is 30.9. The molecule has 1 spiro atoms. The van der Waals surface area contributed by atoms with Gasteiger partial charge in [0, 0.05) is 11.7 Å². The smallest absolute Gasteiger partial charge is 0.246 e. The number of rotatable bonds is 11. The lowest BCUT2D eigenvalue weighted by Crippen LogP contribution is -2.59. The second-order valence-electron chi connectivity index (χ2n) is 12.9. The Hall–Kier alpha value is -3.43. The van der Waals surface area contributed by atoms with Gasteiger partial charge in [0.05, 0.1) is 36.7 Å². The maximum absolute atomic E-state index is 14.7. The van der Waals surface area contributed by atoms with Crippen LogP contribution in [0, 0.1) is 11.8 Å². The number of nitrogens with one attached hydrogen (secondary N) is 2. The van der Waals surface area contributed by atoms with Crippen molar-refractivity contribution < 1.29 is 29.0 Å². The number of hydrogen-bond acceptors (Lipinski definition) is 6. The van der Waals surface area contributed by atoms with E-state index >= 15 is 0 Å². The highest BCUT2D eigenvalue weighted by Gasteiger charge is 2.79. The van der Waals surface area contributed by atoms with Gasteiger partial charge in [-0.2, -0.15) is 0 Å². The maximum atomic E-state index is 14.7. The Kier molecular flexibility index (Phi) is 8.70. The van der Waals surface area contributed by atoms with Crippen LogP contribution in [0.4, 0.5) is 5.69 Å². The number of aliphatic hydroxyl groups excluding tert-OH is 1. The van der Waals surface area contributed by atoms with Crippen LogP contribution in [-0.2, 0) is 25.5 Å². The molecule has 0 aromatic heterocycles. The number of likely N-dealkylation sites (tertiary alicyclic amines) is 1. The Morgan fingerprint density at radius 2 is 1.75 bits per heavy atom. The zero-order valence-corrected chi connectivity index (χ0v) is 25.8. The van der Waals surface area contributed by atoms with Crippen LogP contribution in [-0.4, -0.2) is 70.3 Å². The van der Waals surface area contributed by atoms with Crippen LogP contribution in [0.15, 0.2) is 54.6 Å². The van der Waals surface area contributed by atoms with Gasteiger partial charge >= 0.3 is 0 Å². The lowest BCUT2D eigenvalue weighted by atomic mass is 9.65. The summed E-state index contributed by atoms with van der Waals surface area (Å²) in [5.41, 5.74) is -0.427. The van der Waals surface area contributed by atoms with Gasteiger partial charge in [-0.25, -0.2) is 0 Å². The minimum absolute atomic E-state index is 0.0443. The lowest BCUT2D eigenvalue weighted by Gasteiger charge is -2.38. The third-order valence-corrected chi connectivity index (χ3v) is 10.5. The van der Waals surface area contributed by atoms with Gasteiger partial charge < -0.3 is 30.1 Å². The van der Waals surface area contributed by atoms with E-state index in [-0.39, 0.29) is 30.4 Å². The van der Waals surface area contributed by atoms with Crippen molar-refractivity contribution in [3.8, 4) is 5.75 Å². The van der Waals surface area contributed by atoms with Crippen LogP contribution in [0.1, 0.15) is 70.8 Å². The number of benzene rings is 2.